The van der Waals surface area contributed by atoms with Gasteiger partial charge in [-0.25, -0.2) is 9.36 Å². The molecule has 4 N–H and O–H groups in total. The molecule has 0 aliphatic carbocycles. The average molecular weight is 555 g/mol. The fourth-order valence-electron chi connectivity index (χ4n) is 3.39. The summed E-state index contributed by atoms with van der Waals surface area (Å²) in [6.45, 7) is 0.316. The van der Waals surface area contributed by atoms with Crippen molar-refractivity contribution in [1.29, 1.82) is 0 Å². The number of nitrogens with zero attached hydrogens (tertiary/aromatic N) is 5. The first-order chi connectivity index (χ1) is 15.8. The van der Waals surface area contributed by atoms with E-state index in [-0.39, 0.29) is 22.4 Å². The number of carbonyl (C=O) groups is 3. The first-order valence-corrected chi connectivity index (χ1v) is 12.0. The minimum absolute atomic E-state index is 0.0308. The van der Waals surface area contributed by atoms with E-state index in [2.05, 4.69) is 35.8 Å². The summed E-state index contributed by atoms with van der Waals surface area (Å²) in [6.07, 6.45) is 3.62. The Balaban J connectivity index is 1.53. The highest BCUT2D eigenvalue weighted by atomic mass is 79.9. The van der Waals surface area contributed by atoms with Crippen molar-refractivity contribution in [2.45, 2.75) is 18.0 Å². The maximum absolute atomic E-state index is 12.9. The molecule has 1 saturated heterocycles. The lowest BCUT2D eigenvalue weighted by Crippen LogP contribution is -2.71. The number of carboxylic acid groups (broad SMARTS) is 1. The molecule has 0 unspecified atom stereocenters. The monoisotopic (exact) mass is 554 g/mol. The number of fused-ring (bicyclic) bond motifs is 1. The number of β-lactam (4-membered cyclic amide) rings is 1. The molecule has 4 heterocycles. The van der Waals surface area contributed by atoms with E-state index in [1.165, 1.54) is 23.8 Å². The van der Waals surface area contributed by atoms with Gasteiger partial charge in [0.05, 0.1) is 0 Å². The van der Waals surface area contributed by atoms with E-state index < -0.39 is 29.2 Å². The number of pyridine rings is 1. The number of aromatic nitrogens is 3. The number of hydrogen-bond donors (Lipinski definition) is 3. The quantitative estimate of drug-likeness (QED) is 0.184. The van der Waals surface area contributed by atoms with Gasteiger partial charge in [-0.15, -0.1) is 11.8 Å². The van der Waals surface area contributed by atoms with Crippen LogP contribution in [0.4, 0.5) is 5.13 Å². The summed E-state index contributed by atoms with van der Waals surface area (Å²) >= 11 is 5.61. The van der Waals surface area contributed by atoms with Gasteiger partial charge in [0.15, 0.2) is 24.1 Å². The van der Waals surface area contributed by atoms with Crippen LogP contribution in [0, 0.1) is 0 Å². The summed E-state index contributed by atoms with van der Waals surface area (Å²) in [7, 11) is 1.26. The average Bonchev–Trinajstić information content (AvgIpc) is 3.22. The fraction of sp³-hybridized carbons (Fsp3) is 0.278. The number of amides is 2. The van der Waals surface area contributed by atoms with Crippen molar-refractivity contribution < 1.29 is 28.9 Å². The van der Waals surface area contributed by atoms with Gasteiger partial charge in [0.2, 0.25) is 11.5 Å². The molecular formula is C18H17BrN7O5S2+. The number of nitrogens with two attached hydrogens (primary N) is 1. The Bertz CT molecular complexity index is 1180. The molecule has 2 atom stereocenters. The second-order valence-electron chi connectivity index (χ2n) is 6.89. The summed E-state index contributed by atoms with van der Waals surface area (Å²) < 4.78 is 6.66. The number of anilines is 1. The van der Waals surface area contributed by atoms with Crippen LogP contribution in [0.3, 0.4) is 0 Å². The molecule has 2 aromatic heterocycles. The fourth-order valence-corrected chi connectivity index (χ4v) is 5.39. The van der Waals surface area contributed by atoms with E-state index >= 15 is 0 Å². The van der Waals surface area contributed by atoms with Crippen molar-refractivity contribution in [2.24, 2.45) is 5.16 Å². The predicted octanol–water partition coefficient (Wildman–Crippen LogP) is -0.0404. The molecule has 0 radical (unpaired) electrons. The molecule has 0 aromatic carbocycles. The summed E-state index contributed by atoms with van der Waals surface area (Å²) in [5.41, 5.74) is 5.86. The molecule has 2 aliphatic heterocycles. The van der Waals surface area contributed by atoms with Crippen molar-refractivity contribution in [1.82, 2.24) is 19.6 Å². The normalized spacial score (nSPS) is 20.2. The SMILES string of the molecule is CO/N=C(\C(=O)N[C@@H]1C(=O)N2C(C(=O)O)=C(C[n+]3ccc(Br)cc3)CS[C@@H]12)c1nsc(N)n1. The number of carbonyl (C=O) groups excluding carboxylic acids is 2. The maximum atomic E-state index is 12.9. The second kappa shape index (κ2) is 9.44. The molecule has 1 fully saturated rings. The van der Waals surface area contributed by atoms with E-state index in [4.69, 9.17) is 10.6 Å². The second-order valence-corrected chi connectivity index (χ2v) is 9.69. The zero-order valence-electron chi connectivity index (χ0n) is 17.0. The summed E-state index contributed by atoms with van der Waals surface area (Å²) in [4.78, 5) is 47.5. The van der Waals surface area contributed by atoms with E-state index in [1.54, 1.807) is 0 Å². The lowest BCUT2D eigenvalue weighted by atomic mass is 10.0. The maximum Gasteiger partial charge on any atom is 0.352 e. The Kier molecular flexibility index (Phi) is 6.62. The largest absolute Gasteiger partial charge is 0.477 e. The van der Waals surface area contributed by atoms with Crippen LogP contribution in [0.25, 0.3) is 0 Å². The van der Waals surface area contributed by atoms with Crippen LogP contribution in [0.15, 0.2) is 45.4 Å². The lowest BCUT2D eigenvalue weighted by molar-refractivity contribution is -0.689. The Hall–Kier alpha value is -3.04. The smallest absolute Gasteiger partial charge is 0.352 e. The third kappa shape index (κ3) is 4.56. The third-order valence-corrected chi connectivity index (χ3v) is 7.22. The van der Waals surface area contributed by atoms with Crippen LogP contribution in [-0.2, 0) is 25.8 Å². The molecular weight excluding hydrogens is 538 g/mol. The van der Waals surface area contributed by atoms with E-state index in [0.29, 0.717) is 17.9 Å². The summed E-state index contributed by atoms with van der Waals surface area (Å²) in [5, 5.41) is 15.6. The third-order valence-electron chi connectivity index (χ3n) is 4.81. The molecule has 4 rings (SSSR count). The Morgan fingerprint density at radius 3 is 2.79 bits per heavy atom. The predicted molar refractivity (Wildman–Crippen MR) is 122 cm³/mol. The van der Waals surface area contributed by atoms with Crippen molar-refractivity contribution in [3.8, 4) is 0 Å². The minimum Gasteiger partial charge on any atom is -0.477 e. The van der Waals surface area contributed by atoms with Crippen molar-refractivity contribution in [2.75, 3.05) is 18.6 Å². The van der Waals surface area contributed by atoms with Crippen LogP contribution in [0.1, 0.15) is 5.82 Å². The summed E-state index contributed by atoms with van der Waals surface area (Å²) in [5.74, 6) is -2.11. The van der Waals surface area contributed by atoms with Crippen LogP contribution >= 0.6 is 39.2 Å². The topological polar surface area (TPSA) is 164 Å². The number of nitrogens with one attached hydrogen (secondary N) is 1. The number of nitrogen functional groups attached to an aromatic ring is 1. The number of rotatable bonds is 7. The Morgan fingerprint density at radius 1 is 1.45 bits per heavy atom. The van der Waals surface area contributed by atoms with Crippen molar-refractivity contribution >= 4 is 67.9 Å². The molecule has 12 nitrogen and oxygen atoms in total. The Labute approximate surface area is 203 Å². The van der Waals surface area contributed by atoms with Crippen molar-refractivity contribution in [3.63, 3.8) is 0 Å². The van der Waals surface area contributed by atoms with Crippen LogP contribution in [-0.4, -0.2) is 67.1 Å². The highest BCUT2D eigenvalue weighted by Gasteiger charge is 2.54. The molecule has 15 heteroatoms. The minimum atomic E-state index is -1.20. The van der Waals surface area contributed by atoms with Gasteiger partial charge in [0, 0.05) is 39.5 Å². The molecule has 33 heavy (non-hydrogen) atoms. The molecule has 2 aromatic rings. The molecule has 0 spiro atoms. The highest BCUT2D eigenvalue weighted by molar-refractivity contribution is 9.10. The van der Waals surface area contributed by atoms with Gasteiger partial charge in [-0.05, 0) is 0 Å². The first kappa shape index (κ1) is 23.1. The molecule has 0 saturated carbocycles. The number of halogens is 1. The number of aliphatic carboxylic acids is 1. The van der Waals surface area contributed by atoms with Crippen LogP contribution < -0.4 is 15.6 Å². The van der Waals surface area contributed by atoms with Crippen molar-refractivity contribution in [3.05, 3.63) is 46.1 Å². The summed E-state index contributed by atoms with van der Waals surface area (Å²) in [6, 6.07) is 2.74. The highest BCUT2D eigenvalue weighted by Crippen LogP contribution is 2.40. The standard InChI is InChI=1S/C18H16BrN7O5S2/c1-31-23-10(13-22-18(20)33-24-13)14(27)21-11-15(28)26-12(17(29)30)8(7-32-16(11)26)6-25-4-2-9(19)3-5-25/h2-5,11,16H,6-7H2,1H3,(H3-,20,21,22,24,27,29,30)/p+1/b23-10-/t11-,16+/m1/s1. The molecule has 2 aliphatic rings. The van der Waals surface area contributed by atoms with Crippen LogP contribution in [0.2, 0.25) is 0 Å². The zero-order chi connectivity index (χ0) is 23.7. The number of thioether (sulfide) groups is 1. The van der Waals surface area contributed by atoms with Gasteiger partial charge in [-0.2, -0.15) is 9.36 Å². The first-order valence-electron chi connectivity index (χ1n) is 9.36. The van der Waals surface area contributed by atoms with E-state index in [9.17, 15) is 19.5 Å². The van der Waals surface area contributed by atoms with Gasteiger partial charge in [-0.1, -0.05) is 21.1 Å². The van der Waals surface area contributed by atoms with Gasteiger partial charge >= 0.3 is 5.97 Å². The molecule has 172 valence electrons. The Morgan fingerprint density at radius 2 is 2.18 bits per heavy atom. The van der Waals surface area contributed by atoms with Gasteiger partial charge in [-0.3, -0.25) is 14.5 Å². The zero-order valence-corrected chi connectivity index (χ0v) is 20.2. The van der Waals surface area contributed by atoms with Gasteiger partial charge in [0.1, 0.15) is 24.2 Å². The van der Waals surface area contributed by atoms with E-state index in [0.717, 1.165) is 16.0 Å². The lowest BCUT2D eigenvalue weighted by Gasteiger charge is -2.49. The van der Waals surface area contributed by atoms with Gasteiger partial charge < -0.3 is 21.0 Å². The molecule has 2 amide bonds. The van der Waals surface area contributed by atoms with Crippen LogP contribution in [0.5, 0.6) is 0 Å². The van der Waals surface area contributed by atoms with E-state index in [1.807, 2.05) is 29.1 Å². The number of oxime groups is 1. The number of carboxylic acids is 1. The molecule has 0 bridgehead atoms. The number of hydrogen-bond acceptors (Lipinski definition) is 10. The van der Waals surface area contributed by atoms with Gasteiger partial charge in [0.25, 0.3) is 11.8 Å².